The predicted octanol–water partition coefficient (Wildman–Crippen LogP) is 3.25. The van der Waals surface area contributed by atoms with Crippen molar-refractivity contribution in [1.82, 2.24) is 0 Å². The van der Waals surface area contributed by atoms with Crippen molar-refractivity contribution in [1.29, 1.82) is 0 Å². The molecular formula is C15H25NOS. The minimum absolute atomic E-state index is 0.102. The standard InChI is InChI=1S/C15H25NOS/c1-11(2)8-9-18-14-6-4-13(5-7-14)12(3)15(17)10-16/h4-7,11-12,15,17H,8-10,16H2,1-3H3. The van der Waals surface area contributed by atoms with Gasteiger partial charge in [0.2, 0.25) is 0 Å². The number of aliphatic hydroxyl groups is 1. The van der Waals surface area contributed by atoms with Crippen LogP contribution in [-0.2, 0) is 0 Å². The van der Waals surface area contributed by atoms with Crippen LogP contribution >= 0.6 is 11.8 Å². The number of aliphatic hydroxyl groups excluding tert-OH is 1. The average molecular weight is 267 g/mol. The maximum absolute atomic E-state index is 9.72. The van der Waals surface area contributed by atoms with Crippen molar-refractivity contribution in [3.05, 3.63) is 29.8 Å². The van der Waals surface area contributed by atoms with E-state index < -0.39 is 6.10 Å². The van der Waals surface area contributed by atoms with Crippen molar-refractivity contribution < 1.29 is 5.11 Å². The molecule has 0 saturated carbocycles. The number of thioether (sulfide) groups is 1. The van der Waals surface area contributed by atoms with Gasteiger partial charge in [-0.2, -0.15) is 0 Å². The number of hydrogen-bond acceptors (Lipinski definition) is 3. The monoisotopic (exact) mass is 267 g/mol. The average Bonchev–Trinajstić information content (AvgIpc) is 2.37. The van der Waals surface area contributed by atoms with Crippen LogP contribution < -0.4 is 5.73 Å². The number of nitrogens with two attached hydrogens (primary N) is 1. The highest BCUT2D eigenvalue weighted by Crippen LogP contribution is 2.24. The highest BCUT2D eigenvalue weighted by atomic mass is 32.2. The largest absolute Gasteiger partial charge is 0.391 e. The summed E-state index contributed by atoms with van der Waals surface area (Å²) in [5, 5.41) is 9.72. The first kappa shape index (κ1) is 15.5. The smallest absolute Gasteiger partial charge is 0.0728 e. The summed E-state index contributed by atoms with van der Waals surface area (Å²) in [7, 11) is 0. The van der Waals surface area contributed by atoms with Gasteiger partial charge in [-0.3, -0.25) is 0 Å². The van der Waals surface area contributed by atoms with Gasteiger partial charge in [-0.15, -0.1) is 11.8 Å². The van der Waals surface area contributed by atoms with E-state index in [0.717, 1.165) is 17.2 Å². The summed E-state index contributed by atoms with van der Waals surface area (Å²) in [5.41, 5.74) is 6.63. The minimum Gasteiger partial charge on any atom is -0.391 e. The van der Waals surface area contributed by atoms with Crippen LogP contribution in [-0.4, -0.2) is 23.5 Å². The number of hydrogen-bond donors (Lipinski definition) is 2. The van der Waals surface area contributed by atoms with E-state index in [1.54, 1.807) is 0 Å². The lowest BCUT2D eigenvalue weighted by Gasteiger charge is -2.17. The fraction of sp³-hybridized carbons (Fsp3) is 0.600. The van der Waals surface area contributed by atoms with Crippen LogP contribution in [0, 0.1) is 5.92 Å². The van der Waals surface area contributed by atoms with E-state index in [1.165, 1.54) is 11.3 Å². The van der Waals surface area contributed by atoms with Crippen LogP contribution in [0.15, 0.2) is 29.2 Å². The van der Waals surface area contributed by atoms with Crippen molar-refractivity contribution in [3.63, 3.8) is 0 Å². The number of rotatable bonds is 7. The molecule has 0 aliphatic heterocycles. The summed E-state index contributed by atoms with van der Waals surface area (Å²) in [6.07, 6.45) is 0.791. The van der Waals surface area contributed by atoms with E-state index in [9.17, 15) is 5.11 Å². The molecule has 18 heavy (non-hydrogen) atoms. The zero-order chi connectivity index (χ0) is 13.5. The zero-order valence-electron chi connectivity index (χ0n) is 11.6. The summed E-state index contributed by atoms with van der Waals surface area (Å²) in [6, 6.07) is 8.47. The Morgan fingerprint density at radius 2 is 1.78 bits per heavy atom. The lowest BCUT2D eigenvalue weighted by atomic mass is 9.95. The topological polar surface area (TPSA) is 46.2 Å². The van der Waals surface area contributed by atoms with Gasteiger partial charge >= 0.3 is 0 Å². The fourth-order valence-corrected chi connectivity index (χ4v) is 2.86. The molecule has 2 nitrogen and oxygen atoms in total. The third-order valence-electron chi connectivity index (χ3n) is 3.19. The lowest BCUT2D eigenvalue weighted by Crippen LogP contribution is -2.25. The van der Waals surface area contributed by atoms with Crippen LogP contribution in [0.2, 0.25) is 0 Å². The summed E-state index contributed by atoms with van der Waals surface area (Å²) >= 11 is 1.90. The van der Waals surface area contributed by atoms with Gasteiger partial charge in [-0.05, 0) is 35.8 Å². The van der Waals surface area contributed by atoms with Gasteiger partial charge in [-0.25, -0.2) is 0 Å². The second-order valence-electron chi connectivity index (χ2n) is 5.19. The van der Waals surface area contributed by atoms with Crippen molar-refractivity contribution in [2.45, 2.75) is 44.1 Å². The number of benzene rings is 1. The Hall–Kier alpha value is -0.510. The first-order valence-electron chi connectivity index (χ1n) is 6.65. The first-order valence-corrected chi connectivity index (χ1v) is 7.64. The Morgan fingerprint density at radius 1 is 1.17 bits per heavy atom. The van der Waals surface area contributed by atoms with Crippen molar-refractivity contribution >= 4 is 11.8 Å². The molecule has 1 aromatic rings. The Balaban J connectivity index is 2.52. The van der Waals surface area contributed by atoms with Crippen molar-refractivity contribution in [2.75, 3.05) is 12.3 Å². The molecule has 0 aromatic heterocycles. The normalized spacial score (nSPS) is 14.8. The van der Waals surface area contributed by atoms with Crippen LogP contribution in [0.3, 0.4) is 0 Å². The third kappa shape index (κ3) is 5.01. The van der Waals surface area contributed by atoms with E-state index in [2.05, 4.69) is 38.1 Å². The molecule has 0 fully saturated rings. The molecule has 3 heteroatoms. The van der Waals surface area contributed by atoms with Crippen molar-refractivity contribution in [3.8, 4) is 0 Å². The maximum Gasteiger partial charge on any atom is 0.0728 e. The van der Waals surface area contributed by atoms with Gasteiger partial charge in [0.25, 0.3) is 0 Å². The van der Waals surface area contributed by atoms with Crippen LogP contribution in [0.5, 0.6) is 0 Å². The van der Waals surface area contributed by atoms with E-state index in [-0.39, 0.29) is 5.92 Å². The molecule has 102 valence electrons. The van der Waals surface area contributed by atoms with Crippen LogP contribution in [0.1, 0.15) is 38.7 Å². The van der Waals surface area contributed by atoms with E-state index in [4.69, 9.17) is 5.73 Å². The first-order chi connectivity index (χ1) is 8.54. The maximum atomic E-state index is 9.72. The highest BCUT2D eigenvalue weighted by Gasteiger charge is 2.14. The Bertz CT molecular complexity index is 337. The second-order valence-corrected chi connectivity index (χ2v) is 6.36. The Morgan fingerprint density at radius 3 is 2.28 bits per heavy atom. The minimum atomic E-state index is -0.454. The van der Waals surface area contributed by atoms with Gasteiger partial charge < -0.3 is 10.8 Å². The molecule has 0 spiro atoms. The molecular weight excluding hydrogens is 242 g/mol. The molecule has 3 N–H and O–H groups in total. The molecule has 0 aliphatic rings. The highest BCUT2D eigenvalue weighted by molar-refractivity contribution is 7.99. The summed E-state index contributed by atoms with van der Waals surface area (Å²) < 4.78 is 0. The van der Waals surface area contributed by atoms with Crippen LogP contribution in [0.4, 0.5) is 0 Å². The lowest BCUT2D eigenvalue weighted by molar-refractivity contribution is 0.157. The molecule has 0 heterocycles. The second kappa shape index (κ2) is 7.82. The summed E-state index contributed by atoms with van der Waals surface area (Å²) in [4.78, 5) is 1.30. The van der Waals surface area contributed by atoms with E-state index >= 15 is 0 Å². The SMILES string of the molecule is CC(C)CCSc1ccc(C(C)C(O)CN)cc1. The molecule has 0 amide bonds. The molecule has 2 atom stereocenters. The third-order valence-corrected chi connectivity index (χ3v) is 4.23. The predicted molar refractivity (Wildman–Crippen MR) is 80.1 cm³/mol. The van der Waals surface area contributed by atoms with Crippen LogP contribution in [0.25, 0.3) is 0 Å². The van der Waals surface area contributed by atoms with E-state index in [1.807, 2.05) is 18.7 Å². The molecule has 1 rings (SSSR count). The Kier molecular flexibility index (Phi) is 6.76. The van der Waals surface area contributed by atoms with Crippen molar-refractivity contribution in [2.24, 2.45) is 11.7 Å². The van der Waals surface area contributed by atoms with Gasteiger partial charge in [0.15, 0.2) is 0 Å². The molecule has 1 aromatic carbocycles. The van der Waals surface area contributed by atoms with Gasteiger partial charge in [0.05, 0.1) is 6.10 Å². The van der Waals surface area contributed by atoms with Gasteiger partial charge in [0, 0.05) is 17.4 Å². The summed E-state index contributed by atoms with van der Waals surface area (Å²) in [5.74, 6) is 2.03. The molecule has 0 bridgehead atoms. The quantitative estimate of drug-likeness (QED) is 0.746. The molecule has 0 saturated heterocycles. The zero-order valence-corrected chi connectivity index (χ0v) is 12.4. The van der Waals surface area contributed by atoms with E-state index in [0.29, 0.717) is 6.54 Å². The Labute approximate surface area is 115 Å². The fourth-order valence-electron chi connectivity index (χ4n) is 1.71. The van der Waals surface area contributed by atoms with Gasteiger partial charge in [0.1, 0.15) is 0 Å². The van der Waals surface area contributed by atoms with Gasteiger partial charge in [-0.1, -0.05) is 32.9 Å². The summed E-state index contributed by atoms with van der Waals surface area (Å²) in [6.45, 7) is 6.82. The molecule has 0 aliphatic carbocycles. The molecule has 2 unspecified atom stereocenters. The molecule has 0 radical (unpaired) electrons.